The molecule has 8 heteroatoms. The fourth-order valence-electron chi connectivity index (χ4n) is 6.35. The summed E-state index contributed by atoms with van der Waals surface area (Å²) < 4.78 is 5.46. The minimum absolute atomic E-state index is 0.113. The van der Waals surface area contributed by atoms with Crippen molar-refractivity contribution in [3.63, 3.8) is 0 Å². The molecule has 7 rings (SSSR count). The van der Waals surface area contributed by atoms with Crippen LogP contribution in [0.2, 0.25) is 0 Å². The van der Waals surface area contributed by atoms with Crippen LogP contribution in [0.25, 0.3) is 22.2 Å². The summed E-state index contributed by atoms with van der Waals surface area (Å²) in [5.41, 5.74) is 6.35. The molecule has 1 aliphatic carbocycles. The molecule has 3 aromatic carbocycles. The zero-order valence-electron chi connectivity index (χ0n) is 21.7. The predicted octanol–water partition coefficient (Wildman–Crippen LogP) is 3.92. The lowest BCUT2D eigenvalue weighted by Crippen LogP contribution is -2.48. The summed E-state index contributed by atoms with van der Waals surface area (Å²) >= 11 is 0. The molecule has 3 heterocycles. The van der Waals surface area contributed by atoms with E-state index in [-0.39, 0.29) is 17.7 Å². The van der Waals surface area contributed by atoms with Gasteiger partial charge >= 0.3 is 0 Å². The van der Waals surface area contributed by atoms with E-state index >= 15 is 0 Å². The Bertz CT molecular complexity index is 1610. The average Bonchev–Trinajstić information content (AvgIpc) is 3.50. The number of amides is 2. The van der Waals surface area contributed by atoms with Crippen LogP contribution in [0.15, 0.2) is 60.7 Å². The minimum Gasteiger partial charge on any atom is -0.497 e. The molecule has 1 saturated heterocycles. The van der Waals surface area contributed by atoms with Gasteiger partial charge in [-0.05, 0) is 61.0 Å². The molecule has 1 aromatic heterocycles. The molecule has 1 N–H and O–H groups in total. The number of likely N-dealkylation sites (N-methyl/N-ethyl adjacent to an activating group) is 2. The van der Waals surface area contributed by atoms with Crippen molar-refractivity contribution in [2.45, 2.75) is 17.8 Å². The molecule has 2 aliphatic heterocycles. The van der Waals surface area contributed by atoms with E-state index in [2.05, 4.69) is 28.4 Å². The smallest absolute Gasteiger partial charge is 0.241 e. The standard InChI is InChI=1S/C30H29N5O3/c1-33-12-13-35(27(36)17-33)20-7-4-18(5-8-20)28-22-10-6-19(14-25(22)31-32-28)24-16-30(24)23-15-21(38-3)9-11-26(23)34(2)29(30)37/h4-11,14-15,24H,12-13,16-17H2,1-3H3,(H,31,32)/t24-,30-/m0/s1. The van der Waals surface area contributed by atoms with E-state index in [1.165, 1.54) is 0 Å². The second-order valence-corrected chi connectivity index (χ2v) is 10.7. The van der Waals surface area contributed by atoms with Crippen LogP contribution in [0, 0.1) is 0 Å². The maximum atomic E-state index is 13.4. The van der Waals surface area contributed by atoms with Gasteiger partial charge in [-0.2, -0.15) is 5.10 Å². The van der Waals surface area contributed by atoms with Crippen LogP contribution in [-0.2, 0) is 15.0 Å². The lowest BCUT2D eigenvalue weighted by atomic mass is 9.91. The molecule has 3 aliphatic rings. The van der Waals surface area contributed by atoms with Crippen molar-refractivity contribution in [2.24, 2.45) is 0 Å². The highest BCUT2D eigenvalue weighted by Crippen LogP contribution is 2.66. The van der Waals surface area contributed by atoms with Crippen molar-refractivity contribution in [3.05, 3.63) is 71.8 Å². The molecule has 2 fully saturated rings. The number of nitrogens with one attached hydrogen (secondary N) is 1. The van der Waals surface area contributed by atoms with Crippen LogP contribution in [0.5, 0.6) is 5.75 Å². The summed E-state index contributed by atoms with van der Waals surface area (Å²) in [4.78, 5) is 31.5. The molecule has 1 saturated carbocycles. The van der Waals surface area contributed by atoms with Crippen molar-refractivity contribution in [1.29, 1.82) is 0 Å². The van der Waals surface area contributed by atoms with E-state index in [0.29, 0.717) is 13.1 Å². The Balaban J connectivity index is 1.17. The number of aromatic amines is 1. The van der Waals surface area contributed by atoms with Gasteiger partial charge in [-0.15, -0.1) is 0 Å². The Morgan fingerprint density at radius 2 is 1.82 bits per heavy atom. The Labute approximate surface area is 220 Å². The maximum absolute atomic E-state index is 13.4. The molecule has 0 radical (unpaired) electrons. The van der Waals surface area contributed by atoms with Crippen molar-refractivity contribution < 1.29 is 14.3 Å². The van der Waals surface area contributed by atoms with E-state index in [1.54, 1.807) is 12.0 Å². The lowest BCUT2D eigenvalue weighted by Gasteiger charge is -2.32. The van der Waals surface area contributed by atoms with Crippen molar-refractivity contribution in [2.75, 3.05) is 50.6 Å². The topological polar surface area (TPSA) is 81.8 Å². The number of nitrogens with zero attached hydrogens (tertiary/aromatic N) is 4. The fraction of sp³-hybridized carbons (Fsp3) is 0.300. The van der Waals surface area contributed by atoms with Gasteiger partial charge in [-0.1, -0.05) is 24.3 Å². The molecule has 38 heavy (non-hydrogen) atoms. The third-order valence-corrected chi connectivity index (χ3v) is 8.55. The molecule has 192 valence electrons. The zero-order chi connectivity index (χ0) is 26.2. The van der Waals surface area contributed by atoms with Crippen LogP contribution in [-0.4, -0.2) is 67.8 Å². The Morgan fingerprint density at radius 3 is 2.58 bits per heavy atom. The third kappa shape index (κ3) is 3.23. The average molecular weight is 508 g/mol. The number of carbonyl (C=O) groups excluding carboxylic acids is 2. The van der Waals surface area contributed by atoms with Crippen molar-refractivity contribution >= 4 is 34.1 Å². The number of piperazine rings is 1. The van der Waals surface area contributed by atoms with Crippen molar-refractivity contribution in [1.82, 2.24) is 15.1 Å². The Morgan fingerprint density at radius 1 is 1.00 bits per heavy atom. The number of aromatic nitrogens is 2. The first-order valence-corrected chi connectivity index (χ1v) is 12.9. The monoisotopic (exact) mass is 507 g/mol. The third-order valence-electron chi connectivity index (χ3n) is 8.55. The van der Waals surface area contributed by atoms with Gasteiger partial charge in [0.15, 0.2) is 0 Å². The van der Waals surface area contributed by atoms with Crippen LogP contribution in [0.4, 0.5) is 11.4 Å². The first-order chi connectivity index (χ1) is 18.4. The van der Waals surface area contributed by atoms with Gasteiger partial charge in [0.1, 0.15) is 5.75 Å². The molecule has 0 bridgehead atoms. The number of hydrogen-bond acceptors (Lipinski definition) is 5. The summed E-state index contributed by atoms with van der Waals surface area (Å²) in [5, 5.41) is 8.86. The first-order valence-electron chi connectivity index (χ1n) is 12.9. The van der Waals surface area contributed by atoms with Gasteiger partial charge in [0.05, 0.1) is 30.3 Å². The highest BCUT2D eigenvalue weighted by atomic mass is 16.5. The number of hydrogen-bond donors (Lipinski definition) is 1. The van der Waals surface area contributed by atoms with Crippen LogP contribution in [0.1, 0.15) is 23.5 Å². The summed E-state index contributed by atoms with van der Waals surface area (Å²) in [6.07, 6.45) is 0.787. The van der Waals surface area contributed by atoms with E-state index in [0.717, 1.165) is 63.4 Å². The van der Waals surface area contributed by atoms with E-state index in [1.807, 2.05) is 66.4 Å². The number of fused-ring (bicyclic) bond motifs is 3. The molecular formula is C30H29N5O3. The normalized spacial score (nSPS) is 23.0. The largest absolute Gasteiger partial charge is 0.497 e. The molecule has 2 atom stereocenters. The number of methoxy groups -OCH3 is 1. The number of rotatable bonds is 4. The Kier molecular flexibility index (Phi) is 4.94. The molecule has 1 spiro atoms. The number of benzene rings is 3. The highest BCUT2D eigenvalue weighted by Gasteiger charge is 2.66. The molecule has 8 nitrogen and oxygen atoms in total. The van der Waals surface area contributed by atoms with E-state index in [9.17, 15) is 9.59 Å². The van der Waals surface area contributed by atoms with Gasteiger partial charge in [-0.25, -0.2) is 0 Å². The summed E-state index contributed by atoms with van der Waals surface area (Å²) in [7, 11) is 5.48. The number of carbonyl (C=O) groups is 2. The maximum Gasteiger partial charge on any atom is 0.241 e. The van der Waals surface area contributed by atoms with Crippen LogP contribution < -0.4 is 14.5 Å². The molecule has 0 unspecified atom stereocenters. The number of anilines is 2. The second kappa shape index (κ2) is 8.16. The summed E-state index contributed by atoms with van der Waals surface area (Å²) in [6.45, 7) is 2.00. The second-order valence-electron chi connectivity index (χ2n) is 10.7. The SMILES string of the molecule is COc1ccc2c(c1)[C@]1(C[C@H]1c1ccc3c(-c4ccc(N5CCN(C)CC5=O)cc4)n[nH]c3c1)C(=O)N2C. The predicted molar refractivity (Wildman–Crippen MR) is 147 cm³/mol. The molecule has 2 amide bonds. The lowest BCUT2D eigenvalue weighted by molar-refractivity contribution is -0.121. The van der Waals surface area contributed by atoms with Gasteiger partial charge in [0.2, 0.25) is 11.8 Å². The molecule has 4 aromatic rings. The quantitative estimate of drug-likeness (QED) is 0.453. The zero-order valence-corrected chi connectivity index (χ0v) is 21.7. The number of ether oxygens (including phenoxy) is 1. The van der Waals surface area contributed by atoms with Gasteiger partial charge < -0.3 is 14.5 Å². The van der Waals surface area contributed by atoms with Gasteiger partial charge in [0.25, 0.3) is 0 Å². The van der Waals surface area contributed by atoms with Crippen LogP contribution >= 0.6 is 0 Å². The van der Waals surface area contributed by atoms with E-state index in [4.69, 9.17) is 4.74 Å². The summed E-state index contributed by atoms with van der Waals surface area (Å²) in [5.74, 6) is 1.15. The fourth-order valence-corrected chi connectivity index (χ4v) is 6.35. The van der Waals surface area contributed by atoms with E-state index < -0.39 is 5.41 Å². The van der Waals surface area contributed by atoms with Gasteiger partial charge in [-0.3, -0.25) is 19.6 Å². The first kappa shape index (κ1) is 23.0. The van der Waals surface area contributed by atoms with Gasteiger partial charge in [0, 0.05) is 48.4 Å². The minimum atomic E-state index is -0.522. The molecular weight excluding hydrogens is 478 g/mol. The summed E-state index contributed by atoms with van der Waals surface area (Å²) in [6, 6.07) is 20.3. The Hall–Kier alpha value is -4.17. The highest BCUT2D eigenvalue weighted by molar-refractivity contribution is 6.11. The van der Waals surface area contributed by atoms with Crippen LogP contribution in [0.3, 0.4) is 0 Å². The van der Waals surface area contributed by atoms with Crippen molar-refractivity contribution in [3.8, 4) is 17.0 Å². The number of H-pyrrole nitrogens is 1.